The number of hydrogen-bond donors (Lipinski definition) is 1. The van der Waals surface area contributed by atoms with Crippen LogP contribution >= 0.6 is 0 Å². The molecule has 0 saturated carbocycles. The first-order valence-corrected chi connectivity index (χ1v) is 13.3. The highest BCUT2D eigenvalue weighted by Crippen LogP contribution is 2.38. The lowest BCUT2D eigenvalue weighted by Gasteiger charge is -2.33. The summed E-state index contributed by atoms with van der Waals surface area (Å²) in [7, 11) is 2.93. The van der Waals surface area contributed by atoms with E-state index in [1.807, 2.05) is 4.90 Å². The van der Waals surface area contributed by atoms with E-state index in [-0.39, 0.29) is 34.4 Å². The molecule has 4 aromatic rings. The van der Waals surface area contributed by atoms with Crippen LogP contribution in [0.5, 0.6) is 23.1 Å². The molecule has 2 aliphatic heterocycles. The van der Waals surface area contributed by atoms with Gasteiger partial charge in [-0.1, -0.05) is 12.1 Å². The van der Waals surface area contributed by atoms with Crippen LogP contribution in [-0.2, 0) is 9.59 Å². The monoisotopic (exact) mass is 572 g/mol. The number of benzene rings is 2. The number of halogens is 2. The van der Waals surface area contributed by atoms with E-state index in [4.69, 9.17) is 14.2 Å². The third-order valence-electron chi connectivity index (χ3n) is 7.41. The summed E-state index contributed by atoms with van der Waals surface area (Å²) in [6.07, 6.45) is 2.91. The van der Waals surface area contributed by atoms with Gasteiger partial charge < -0.3 is 24.4 Å². The highest BCUT2D eigenvalue weighted by molar-refractivity contribution is 6.26. The first-order chi connectivity index (χ1) is 20.4. The summed E-state index contributed by atoms with van der Waals surface area (Å²) in [4.78, 5) is 37.7. The Bertz CT molecular complexity index is 1740. The Morgan fingerprint density at radius 3 is 2.55 bits per heavy atom. The summed E-state index contributed by atoms with van der Waals surface area (Å²) < 4.78 is 45.1. The van der Waals surface area contributed by atoms with E-state index in [1.54, 1.807) is 24.3 Å². The number of aromatic nitrogens is 2. The number of amides is 1. The summed E-state index contributed by atoms with van der Waals surface area (Å²) in [6, 6.07) is 12.9. The van der Waals surface area contributed by atoms with E-state index in [0.717, 1.165) is 19.0 Å². The second kappa shape index (κ2) is 11.1. The van der Waals surface area contributed by atoms with Crippen LogP contribution < -0.4 is 19.5 Å². The summed E-state index contributed by atoms with van der Waals surface area (Å²) in [5.74, 6) is -1.96. The number of carbonyl (C=O) groups excluding carboxylic acids is 2. The van der Waals surface area contributed by atoms with Crippen molar-refractivity contribution < 1.29 is 32.6 Å². The number of allylic oxidation sites excluding steroid dienone is 1. The third-order valence-corrected chi connectivity index (χ3v) is 7.41. The van der Waals surface area contributed by atoms with Gasteiger partial charge in [-0.3, -0.25) is 14.6 Å². The van der Waals surface area contributed by atoms with Crippen LogP contribution in [0.3, 0.4) is 0 Å². The molecule has 0 bridgehead atoms. The average molecular weight is 573 g/mol. The van der Waals surface area contributed by atoms with E-state index in [9.17, 15) is 14.0 Å². The van der Waals surface area contributed by atoms with E-state index in [1.165, 1.54) is 44.7 Å². The predicted octanol–water partition coefficient (Wildman–Crippen LogP) is 5.37. The predicted molar refractivity (Wildman–Crippen MR) is 150 cm³/mol. The maximum absolute atomic E-state index is 15.2. The SMILES string of the molecule is COc1cc2nccc(Oc3ccc(NC(=O)C4=C5CCCN5C[C@H](c5ccc(F)cc5)C4=O)cc3F)c2nc1OC. The minimum Gasteiger partial charge on any atom is -0.491 e. The molecular weight excluding hydrogens is 546 g/mol. The van der Waals surface area contributed by atoms with Crippen molar-refractivity contribution in [1.82, 2.24) is 14.9 Å². The van der Waals surface area contributed by atoms with Crippen molar-refractivity contribution in [2.24, 2.45) is 0 Å². The second-order valence-electron chi connectivity index (χ2n) is 9.92. The number of ether oxygens (including phenoxy) is 3. The zero-order valence-corrected chi connectivity index (χ0v) is 22.8. The van der Waals surface area contributed by atoms with Crippen molar-refractivity contribution >= 4 is 28.4 Å². The molecule has 0 spiro atoms. The van der Waals surface area contributed by atoms with Gasteiger partial charge in [0.05, 0.1) is 25.7 Å². The van der Waals surface area contributed by atoms with Crippen molar-refractivity contribution in [3.8, 4) is 23.1 Å². The van der Waals surface area contributed by atoms with Gasteiger partial charge in [0.25, 0.3) is 11.8 Å². The Labute approximate surface area is 239 Å². The van der Waals surface area contributed by atoms with Crippen LogP contribution in [0.25, 0.3) is 11.0 Å². The van der Waals surface area contributed by atoms with Crippen LogP contribution in [0.15, 0.2) is 72.1 Å². The fourth-order valence-corrected chi connectivity index (χ4v) is 5.39. The van der Waals surface area contributed by atoms with Crippen molar-refractivity contribution in [1.29, 1.82) is 0 Å². The van der Waals surface area contributed by atoms with Crippen molar-refractivity contribution in [2.75, 3.05) is 32.6 Å². The van der Waals surface area contributed by atoms with Crippen LogP contribution in [0, 0.1) is 11.6 Å². The van der Waals surface area contributed by atoms with Gasteiger partial charge in [0.1, 0.15) is 16.9 Å². The normalized spacial score (nSPS) is 16.4. The van der Waals surface area contributed by atoms with Crippen molar-refractivity contribution in [2.45, 2.75) is 18.8 Å². The van der Waals surface area contributed by atoms with Gasteiger partial charge in [-0.05, 0) is 42.7 Å². The second-order valence-corrected chi connectivity index (χ2v) is 9.92. The number of pyridine rings is 2. The quantitative estimate of drug-likeness (QED) is 0.295. The van der Waals surface area contributed by atoms with Crippen molar-refractivity contribution in [3.05, 3.63) is 89.3 Å². The van der Waals surface area contributed by atoms with Gasteiger partial charge in [-0.25, -0.2) is 13.8 Å². The number of Topliss-reactive ketones (excluding diaryl/α,β-unsaturated/α-hetero) is 1. The van der Waals surface area contributed by atoms with E-state index in [0.29, 0.717) is 41.0 Å². The lowest BCUT2D eigenvalue weighted by molar-refractivity contribution is -0.122. The summed E-state index contributed by atoms with van der Waals surface area (Å²) in [5.41, 5.74) is 2.32. The largest absolute Gasteiger partial charge is 0.491 e. The summed E-state index contributed by atoms with van der Waals surface area (Å²) in [6.45, 7) is 1.14. The molecule has 0 unspecified atom stereocenters. The highest BCUT2D eigenvalue weighted by Gasteiger charge is 2.40. The first kappa shape index (κ1) is 27.1. The first-order valence-electron chi connectivity index (χ1n) is 13.3. The van der Waals surface area contributed by atoms with Gasteiger partial charge >= 0.3 is 0 Å². The molecule has 1 N–H and O–H groups in total. The molecular formula is C31H26F2N4O5. The van der Waals surface area contributed by atoms with Crippen LogP contribution in [0.2, 0.25) is 0 Å². The number of anilines is 1. The number of ketones is 1. The molecule has 6 rings (SSSR count). The molecule has 1 amide bonds. The maximum atomic E-state index is 15.2. The zero-order valence-electron chi connectivity index (χ0n) is 22.8. The van der Waals surface area contributed by atoms with Gasteiger partial charge in [-0.2, -0.15) is 0 Å². The van der Waals surface area contributed by atoms with Gasteiger partial charge in [0.2, 0.25) is 0 Å². The molecule has 4 heterocycles. The fourth-order valence-electron chi connectivity index (χ4n) is 5.39. The molecule has 2 aromatic heterocycles. The molecule has 9 nitrogen and oxygen atoms in total. The number of methoxy groups -OCH3 is 2. The molecule has 0 aliphatic carbocycles. The Kier molecular flexibility index (Phi) is 7.15. The standard InChI is InChI=1S/C31H26F2N4O5/c1-40-26-15-22-28(36-31(26)41-2)25(11-12-34-22)42-24-10-9-19(14-21(24)33)35-30(39)27-23-4-3-13-37(23)16-20(29(27)38)17-5-7-18(32)8-6-17/h5-12,14-15,20H,3-4,13,16H2,1-2H3,(H,35,39)/t20-/m1/s1. The number of nitrogens with one attached hydrogen (secondary N) is 1. The fraction of sp³-hybridized carbons (Fsp3) is 0.226. The molecule has 1 atom stereocenters. The number of carbonyl (C=O) groups is 2. The molecule has 2 aromatic carbocycles. The summed E-state index contributed by atoms with van der Waals surface area (Å²) >= 11 is 0. The van der Waals surface area contributed by atoms with Gasteiger partial charge in [-0.15, -0.1) is 0 Å². The van der Waals surface area contributed by atoms with Gasteiger partial charge in [0.15, 0.2) is 28.8 Å². The van der Waals surface area contributed by atoms with Gasteiger partial charge in [0, 0.05) is 48.9 Å². The molecule has 1 saturated heterocycles. The zero-order chi connectivity index (χ0) is 29.4. The van der Waals surface area contributed by atoms with Crippen molar-refractivity contribution in [3.63, 3.8) is 0 Å². The van der Waals surface area contributed by atoms with E-state index < -0.39 is 23.5 Å². The third kappa shape index (κ3) is 4.98. The van der Waals surface area contributed by atoms with E-state index >= 15 is 4.39 Å². The Hall–Kier alpha value is -5.06. The molecule has 0 radical (unpaired) electrons. The van der Waals surface area contributed by atoms with Crippen LogP contribution in [0.1, 0.15) is 24.3 Å². The number of fused-ring (bicyclic) bond motifs is 2. The lowest BCUT2D eigenvalue weighted by atomic mass is 9.85. The average Bonchev–Trinajstić information content (AvgIpc) is 3.46. The maximum Gasteiger partial charge on any atom is 0.261 e. The summed E-state index contributed by atoms with van der Waals surface area (Å²) in [5, 5.41) is 2.67. The Morgan fingerprint density at radius 2 is 1.81 bits per heavy atom. The molecule has 42 heavy (non-hydrogen) atoms. The number of hydrogen-bond acceptors (Lipinski definition) is 8. The topological polar surface area (TPSA) is 103 Å². The number of rotatable bonds is 7. The van der Waals surface area contributed by atoms with Crippen LogP contribution in [0.4, 0.5) is 14.5 Å². The molecule has 214 valence electrons. The number of nitrogens with zero attached hydrogens (tertiary/aromatic N) is 3. The molecule has 11 heteroatoms. The lowest BCUT2D eigenvalue weighted by Crippen LogP contribution is -2.39. The smallest absolute Gasteiger partial charge is 0.261 e. The van der Waals surface area contributed by atoms with E-state index in [2.05, 4.69) is 15.3 Å². The highest BCUT2D eigenvalue weighted by atomic mass is 19.1. The Balaban J connectivity index is 1.24. The van der Waals surface area contributed by atoms with Crippen LogP contribution in [-0.4, -0.2) is 53.9 Å². The molecule has 1 fully saturated rings. The molecule has 2 aliphatic rings. The minimum absolute atomic E-state index is 0.0486. The minimum atomic E-state index is -0.738. The Morgan fingerprint density at radius 1 is 1.00 bits per heavy atom.